The molecule has 5 rings (SSSR count). The highest BCUT2D eigenvalue weighted by molar-refractivity contribution is 5.97. The van der Waals surface area contributed by atoms with Gasteiger partial charge in [0, 0.05) is 17.5 Å². The number of hydrogen-bond acceptors (Lipinski definition) is 6. The number of fused-ring (bicyclic) bond motifs is 2. The maximum atomic E-state index is 12.5. The summed E-state index contributed by atoms with van der Waals surface area (Å²) in [6, 6.07) is 22.2. The lowest BCUT2D eigenvalue weighted by atomic mass is 10.1. The number of azo groups is 1. The van der Waals surface area contributed by atoms with Crippen molar-refractivity contribution >= 4 is 28.4 Å². The van der Waals surface area contributed by atoms with Gasteiger partial charge in [0.2, 0.25) is 5.88 Å². The molecular weight excluding hydrogens is 460 g/mol. The predicted octanol–water partition coefficient (Wildman–Crippen LogP) is 4.40. The van der Waals surface area contributed by atoms with Crippen molar-refractivity contribution in [2.45, 2.75) is 13.0 Å². The van der Waals surface area contributed by atoms with Gasteiger partial charge in [0.05, 0.1) is 5.52 Å². The van der Waals surface area contributed by atoms with Gasteiger partial charge in [-0.15, -0.1) is 10.2 Å². The van der Waals surface area contributed by atoms with Gasteiger partial charge in [-0.2, -0.15) is 0 Å². The summed E-state index contributed by atoms with van der Waals surface area (Å²) < 4.78 is 12.7. The van der Waals surface area contributed by atoms with Crippen LogP contribution >= 0.6 is 0 Å². The van der Waals surface area contributed by atoms with Crippen LogP contribution in [0.4, 0.5) is 5.69 Å². The summed E-state index contributed by atoms with van der Waals surface area (Å²) in [5.41, 5.74) is 2.48. The van der Waals surface area contributed by atoms with E-state index < -0.39 is 11.8 Å². The quantitative estimate of drug-likeness (QED) is 0.377. The van der Waals surface area contributed by atoms with Crippen LogP contribution in [0.5, 0.6) is 17.4 Å². The van der Waals surface area contributed by atoms with E-state index >= 15 is 0 Å². The molecule has 36 heavy (non-hydrogen) atoms. The number of carbonyl (C=O) groups excluding carboxylic acids is 2. The summed E-state index contributed by atoms with van der Waals surface area (Å²) in [6.45, 7) is 1.06. The van der Waals surface area contributed by atoms with E-state index in [4.69, 9.17) is 9.47 Å². The van der Waals surface area contributed by atoms with Gasteiger partial charge in [0.1, 0.15) is 19.8 Å². The Morgan fingerprint density at radius 2 is 1.69 bits per heavy atom. The first-order chi connectivity index (χ1) is 17.6. The third-order valence-corrected chi connectivity index (χ3v) is 5.85. The molecule has 4 aromatic rings. The minimum Gasteiger partial charge on any atom is -0.493 e. The van der Waals surface area contributed by atoms with Crippen LogP contribution < -0.4 is 14.8 Å². The number of amides is 2. The molecule has 0 atom stereocenters. The van der Waals surface area contributed by atoms with E-state index in [1.165, 1.54) is 0 Å². The first kappa shape index (κ1) is 23.1. The van der Waals surface area contributed by atoms with Crippen LogP contribution in [0.3, 0.4) is 0 Å². The second-order valence-corrected chi connectivity index (χ2v) is 8.21. The van der Waals surface area contributed by atoms with Crippen molar-refractivity contribution in [3.8, 4) is 17.4 Å². The normalized spacial score (nSPS) is 12.7. The van der Waals surface area contributed by atoms with Gasteiger partial charge in [-0.05, 0) is 36.2 Å². The molecule has 0 aliphatic carbocycles. The van der Waals surface area contributed by atoms with Gasteiger partial charge in [-0.1, -0.05) is 48.5 Å². The summed E-state index contributed by atoms with van der Waals surface area (Å²) in [5.74, 6) is -0.106. The van der Waals surface area contributed by atoms with E-state index in [1.807, 2.05) is 54.6 Å². The highest BCUT2D eigenvalue weighted by atomic mass is 16.6. The number of nitrogens with one attached hydrogen (secondary N) is 1. The molecule has 0 saturated heterocycles. The van der Waals surface area contributed by atoms with Gasteiger partial charge in [-0.25, -0.2) is 0 Å². The highest BCUT2D eigenvalue weighted by Gasteiger charge is 2.18. The Labute approximate surface area is 207 Å². The molecule has 0 spiro atoms. The minimum atomic E-state index is -0.651. The number of nitrogens with zero attached hydrogens (tertiary/aromatic N) is 3. The van der Waals surface area contributed by atoms with E-state index in [2.05, 4.69) is 15.5 Å². The lowest BCUT2D eigenvalue weighted by Gasteiger charge is -2.18. The molecule has 0 bridgehead atoms. The third kappa shape index (κ3) is 4.90. The van der Waals surface area contributed by atoms with Crippen molar-refractivity contribution in [1.29, 1.82) is 0 Å². The van der Waals surface area contributed by atoms with Crippen LogP contribution in [0.2, 0.25) is 0 Å². The monoisotopic (exact) mass is 484 g/mol. The number of benzene rings is 3. The number of hydrogen-bond donors (Lipinski definition) is 2. The SMILES string of the molecule is O=C(CNC(=O)c1ccc2c(c1)OCCO2)N=Nc1c(O)n(CCc2ccccc2)c2ccccc12. The van der Waals surface area contributed by atoms with E-state index in [-0.39, 0.29) is 18.1 Å². The number of aromatic hydroxyl groups is 1. The fourth-order valence-corrected chi connectivity index (χ4v) is 4.07. The third-order valence-electron chi connectivity index (χ3n) is 5.85. The van der Waals surface area contributed by atoms with Crippen molar-refractivity contribution in [2.75, 3.05) is 19.8 Å². The zero-order chi connectivity index (χ0) is 24.9. The summed E-state index contributed by atoms with van der Waals surface area (Å²) in [6.07, 6.45) is 0.717. The van der Waals surface area contributed by atoms with Crippen molar-refractivity contribution in [3.63, 3.8) is 0 Å². The maximum Gasteiger partial charge on any atom is 0.283 e. The van der Waals surface area contributed by atoms with Crippen LogP contribution in [0.1, 0.15) is 15.9 Å². The summed E-state index contributed by atoms with van der Waals surface area (Å²) in [4.78, 5) is 24.8. The van der Waals surface area contributed by atoms with Crippen molar-refractivity contribution in [1.82, 2.24) is 9.88 Å². The Balaban J connectivity index is 1.26. The standard InChI is InChI=1S/C27H24N4O5/c32-24(17-28-26(33)19-10-11-22-23(16-19)36-15-14-35-22)29-30-25-20-8-4-5-9-21(20)31(27(25)34)13-12-18-6-2-1-3-7-18/h1-11,16,34H,12-15,17H2,(H,28,33). The van der Waals surface area contributed by atoms with E-state index in [0.717, 1.165) is 11.1 Å². The molecular formula is C27H24N4O5. The summed E-state index contributed by atoms with van der Waals surface area (Å²) in [7, 11) is 0. The number of aromatic nitrogens is 1. The first-order valence-corrected chi connectivity index (χ1v) is 11.6. The van der Waals surface area contributed by atoms with Crippen LogP contribution in [0.25, 0.3) is 10.9 Å². The fraction of sp³-hybridized carbons (Fsp3) is 0.185. The maximum absolute atomic E-state index is 12.5. The molecule has 9 heteroatoms. The molecule has 0 radical (unpaired) electrons. The van der Waals surface area contributed by atoms with Crippen LogP contribution in [-0.2, 0) is 17.8 Å². The second-order valence-electron chi connectivity index (χ2n) is 8.21. The zero-order valence-corrected chi connectivity index (χ0v) is 19.4. The smallest absolute Gasteiger partial charge is 0.283 e. The average molecular weight is 485 g/mol. The molecule has 2 amide bonds. The van der Waals surface area contributed by atoms with Crippen LogP contribution in [0.15, 0.2) is 83.0 Å². The Bertz CT molecular complexity index is 1450. The Kier molecular flexibility index (Phi) is 6.61. The van der Waals surface area contributed by atoms with Crippen molar-refractivity contribution in [3.05, 3.63) is 83.9 Å². The zero-order valence-electron chi connectivity index (χ0n) is 19.4. The summed E-state index contributed by atoms with van der Waals surface area (Å²) >= 11 is 0. The molecule has 2 heterocycles. The molecule has 0 saturated carbocycles. The number of rotatable bonds is 7. The molecule has 9 nitrogen and oxygen atoms in total. The predicted molar refractivity (Wildman–Crippen MR) is 133 cm³/mol. The van der Waals surface area contributed by atoms with Crippen LogP contribution in [0, 0.1) is 0 Å². The van der Waals surface area contributed by atoms with Gasteiger partial charge < -0.3 is 24.5 Å². The molecule has 0 unspecified atom stereocenters. The van der Waals surface area contributed by atoms with Gasteiger partial charge in [-0.3, -0.25) is 9.59 Å². The molecule has 0 fully saturated rings. The average Bonchev–Trinajstić information content (AvgIpc) is 3.19. The van der Waals surface area contributed by atoms with E-state index in [1.54, 1.807) is 22.8 Å². The Morgan fingerprint density at radius 1 is 0.944 bits per heavy atom. The molecule has 1 aliphatic rings. The molecule has 3 aromatic carbocycles. The lowest BCUT2D eigenvalue weighted by molar-refractivity contribution is -0.117. The number of para-hydroxylation sites is 1. The molecule has 1 aromatic heterocycles. The lowest BCUT2D eigenvalue weighted by Crippen LogP contribution is -2.28. The topological polar surface area (TPSA) is 115 Å². The number of ether oxygens (including phenoxy) is 2. The largest absolute Gasteiger partial charge is 0.493 e. The molecule has 1 aliphatic heterocycles. The molecule has 182 valence electrons. The highest BCUT2D eigenvalue weighted by Crippen LogP contribution is 2.39. The second kappa shape index (κ2) is 10.3. The van der Waals surface area contributed by atoms with Gasteiger partial charge >= 0.3 is 0 Å². The van der Waals surface area contributed by atoms with E-state index in [0.29, 0.717) is 48.6 Å². The Hall–Kier alpha value is -4.66. The van der Waals surface area contributed by atoms with Crippen LogP contribution in [-0.4, -0.2) is 41.2 Å². The van der Waals surface area contributed by atoms with Crippen molar-refractivity contribution in [2.24, 2.45) is 10.2 Å². The van der Waals surface area contributed by atoms with Crippen molar-refractivity contribution < 1.29 is 24.2 Å². The fourth-order valence-electron chi connectivity index (χ4n) is 4.07. The number of aryl methyl sites for hydroxylation is 2. The Morgan fingerprint density at radius 3 is 2.53 bits per heavy atom. The number of carbonyl (C=O) groups is 2. The first-order valence-electron chi connectivity index (χ1n) is 11.6. The van der Waals surface area contributed by atoms with E-state index in [9.17, 15) is 14.7 Å². The summed E-state index contributed by atoms with van der Waals surface area (Å²) in [5, 5.41) is 21.8. The minimum absolute atomic E-state index is 0.0657. The van der Waals surface area contributed by atoms with Gasteiger partial charge in [0.25, 0.3) is 11.8 Å². The molecule has 2 N–H and O–H groups in total. The van der Waals surface area contributed by atoms with Gasteiger partial charge in [0.15, 0.2) is 17.2 Å².